The van der Waals surface area contributed by atoms with E-state index in [0.29, 0.717) is 16.8 Å². The van der Waals surface area contributed by atoms with Crippen LogP contribution >= 0.6 is 11.6 Å². The van der Waals surface area contributed by atoms with Crippen molar-refractivity contribution in [1.82, 2.24) is 5.32 Å². The maximum absolute atomic E-state index is 12.0. The fourth-order valence-corrected chi connectivity index (χ4v) is 2.18. The van der Waals surface area contributed by atoms with Crippen LogP contribution in [0.25, 0.3) is 0 Å². The lowest BCUT2D eigenvalue weighted by Gasteiger charge is -2.12. The van der Waals surface area contributed by atoms with Crippen LogP contribution in [-0.4, -0.2) is 24.0 Å². The number of carbonyl (C=O) groups excluding carboxylic acids is 2. The zero-order valence-electron chi connectivity index (χ0n) is 11.8. The van der Waals surface area contributed by atoms with Gasteiger partial charge in [-0.15, -0.1) is 0 Å². The zero-order valence-corrected chi connectivity index (χ0v) is 12.6. The molecule has 0 aliphatic carbocycles. The first-order chi connectivity index (χ1) is 10.5. The molecule has 114 valence electrons. The van der Waals surface area contributed by atoms with Crippen LogP contribution in [0.5, 0.6) is 0 Å². The number of carbonyl (C=O) groups is 2. The van der Waals surface area contributed by atoms with Crippen molar-refractivity contribution in [2.75, 3.05) is 12.4 Å². The molecule has 0 bridgehead atoms. The second-order valence-corrected chi connectivity index (χ2v) is 4.98. The summed E-state index contributed by atoms with van der Waals surface area (Å²) in [7, 11) is 1.50. The van der Waals surface area contributed by atoms with E-state index in [1.807, 2.05) is 0 Å². The maximum Gasteiger partial charge on any atom is 0.257 e. The van der Waals surface area contributed by atoms with Gasteiger partial charge in [0.2, 0.25) is 0 Å². The fourth-order valence-electron chi connectivity index (χ4n) is 1.91. The molecule has 5 nitrogen and oxygen atoms in total. The van der Waals surface area contributed by atoms with Gasteiger partial charge in [0, 0.05) is 12.7 Å². The molecule has 0 fully saturated rings. The van der Waals surface area contributed by atoms with Crippen molar-refractivity contribution in [3.63, 3.8) is 0 Å². The zero-order chi connectivity index (χ0) is 16.1. The number of rotatable bonds is 4. The summed E-state index contributed by atoms with van der Waals surface area (Å²) in [5.74, 6) is -0.887. The standard InChI is InChI=1S/C16H15ClN2O3/c1-18-15(21)12-8-7-11(9-13(12)17)19-16(22)14(20)10-5-3-2-4-6-10/h2-9,14,20H,1H3,(H,18,21)(H,19,22). The Kier molecular flexibility index (Phi) is 5.14. The van der Waals surface area contributed by atoms with E-state index in [4.69, 9.17) is 11.6 Å². The van der Waals surface area contributed by atoms with Crippen molar-refractivity contribution in [1.29, 1.82) is 0 Å². The van der Waals surface area contributed by atoms with Crippen LogP contribution in [0.15, 0.2) is 48.5 Å². The number of aliphatic hydroxyl groups is 1. The fraction of sp³-hybridized carbons (Fsp3) is 0.125. The summed E-state index contributed by atoms with van der Waals surface area (Å²) < 4.78 is 0. The van der Waals surface area contributed by atoms with E-state index < -0.39 is 12.0 Å². The third-order valence-electron chi connectivity index (χ3n) is 3.07. The molecule has 6 heteroatoms. The largest absolute Gasteiger partial charge is 0.378 e. The molecule has 2 aromatic carbocycles. The number of halogens is 1. The van der Waals surface area contributed by atoms with Gasteiger partial charge in [0.25, 0.3) is 11.8 Å². The third-order valence-corrected chi connectivity index (χ3v) is 3.38. The number of hydrogen-bond acceptors (Lipinski definition) is 3. The highest BCUT2D eigenvalue weighted by Gasteiger charge is 2.18. The third kappa shape index (κ3) is 3.63. The van der Waals surface area contributed by atoms with Gasteiger partial charge in [-0.2, -0.15) is 0 Å². The summed E-state index contributed by atoms with van der Waals surface area (Å²) in [5, 5.41) is 15.2. The minimum absolute atomic E-state index is 0.214. The average Bonchev–Trinajstić information content (AvgIpc) is 2.54. The van der Waals surface area contributed by atoms with Crippen LogP contribution in [0.3, 0.4) is 0 Å². The van der Waals surface area contributed by atoms with Crippen LogP contribution in [0.4, 0.5) is 5.69 Å². The Bertz CT molecular complexity index is 689. The maximum atomic E-state index is 12.0. The van der Waals surface area contributed by atoms with Gasteiger partial charge in [-0.3, -0.25) is 9.59 Å². The Balaban J connectivity index is 2.12. The SMILES string of the molecule is CNC(=O)c1ccc(NC(=O)C(O)c2ccccc2)cc1Cl. The lowest BCUT2D eigenvalue weighted by molar-refractivity contribution is -0.124. The molecule has 2 aromatic rings. The molecule has 0 heterocycles. The predicted octanol–water partition coefficient (Wildman–Crippen LogP) is 2.37. The number of amides is 2. The first-order valence-electron chi connectivity index (χ1n) is 6.58. The lowest BCUT2D eigenvalue weighted by atomic mass is 10.1. The van der Waals surface area contributed by atoms with Gasteiger partial charge in [0.15, 0.2) is 6.10 Å². The quantitative estimate of drug-likeness (QED) is 0.810. The van der Waals surface area contributed by atoms with Crippen molar-refractivity contribution in [2.45, 2.75) is 6.10 Å². The molecular weight excluding hydrogens is 304 g/mol. The molecule has 0 spiro atoms. The lowest BCUT2D eigenvalue weighted by Crippen LogP contribution is -2.21. The summed E-state index contributed by atoms with van der Waals surface area (Å²) >= 11 is 6.01. The minimum Gasteiger partial charge on any atom is -0.378 e. The van der Waals surface area contributed by atoms with Gasteiger partial charge in [-0.05, 0) is 23.8 Å². The number of anilines is 1. The van der Waals surface area contributed by atoms with Crippen molar-refractivity contribution in [3.05, 3.63) is 64.7 Å². The minimum atomic E-state index is -1.28. The Morgan fingerprint density at radius 2 is 1.82 bits per heavy atom. The number of hydrogen-bond donors (Lipinski definition) is 3. The summed E-state index contributed by atoms with van der Waals surface area (Å²) in [4.78, 5) is 23.6. The second-order valence-electron chi connectivity index (χ2n) is 4.58. The summed E-state index contributed by atoms with van der Waals surface area (Å²) in [6.45, 7) is 0. The van der Waals surface area contributed by atoms with Crippen molar-refractivity contribution in [3.8, 4) is 0 Å². The van der Waals surface area contributed by atoms with Gasteiger partial charge in [0.05, 0.1) is 10.6 Å². The molecule has 0 saturated carbocycles. The average molecular weight is 319 g/mol. The van der Waals surface area contributed by atoms with Gasteiger partial charge < -0.3 is 15.7 Å². The highest BCUT2D eigenvalue weighted by molar-refractivity contribution is 6.34. The van der Waals surface area contributed by atoms with Crippen LogP contribution in [0.2, 0.25) is 5.02 Å². The molecule has 0 radical (unpaired) electrons. The van der Waals surface area contributed by atoms with E-state index in [-0.39, 0.29) is 10.9 Å². The van der Waals surface area contributed by atoms with Gasteiger partial charge in [-0.1, -0.05) is 41.9 Å². The number of benzene rings is 2. The molecule has 0 aliphatic rings. The van der Waals surface area contributed by atoms with E-state index in [1.54, 1.807) is 36.4 Å². The molecule has 1 atom stereocenters. The molecule has 0 aliphatic heterocycles. The summed E-state index contributed by atoms with van der Waals surface area (Å²) in [5.41, 5.74) is 1.21. The Morgan fingerprint density at radius 3 is 2.41 bits per heavy atom. The van der Waals surface area contributed by atoms with E-state index >= 15 is 0 Å². The van der Waals surface area contributed by atoms with Crippen LogP contribution in [0.1, 0.15) is 22.0 Å². The molecular formula is C16H15ClN2O3. The smallest absolute Gasteiger partial charge is 0.257 e. The first kappa shape index (κ1) is 16.0. The molecule has 0 aromatic heterocycles. The van der Waals surface area contributed by atoms with E-state index in [0.717, 1.165) is 0 Å². The second kappa shape index (κ2) is 7.06. The van der Waals surface area contributed by atoms with Gasteiger partial charge in [0.1, 0.15) is 0 Å². The summed E-state index contributed by atoms with van der Waals surface area (Å²) in [6, 6.07) is 13.1. The first-order valence-corrected chi connectivity index (χ1v) is 6.96. The normalized spacial score (nSPS) is 11.6. The molecule has 0 saturated heterocycles. The Morgan fingerprint density at radius 1 is 1.14 bits per heavy atom. The molecule has 3 N–H and O–H groups in total. The Labute approximate surface area is 132 Å². The monoisotopic (exact) mass is 318 g/mol. The molecule has 2 amide bonds. The van der Waals surface area contributed by atoms with Crippen molar-refractivity contribution >= 4 is 29.1 Å². The van der Waals surface area contributed by atoms with Crippen molar-refractivity contribution in [2.24, 2.45) is 0 Å². The van der Waals surface area contributed by atoms with Gasteiger partial charge in [-0.25, -0.2) is 0 Å². The van der Waals surface area contributed by atoms with E-state index in [2.05, 4.69) is 10.6 Å². The Hall–Kier alpha value is -2.37. The van der Waals surface area contributed by atoms with E-state index in [9.17, 15) is 14.7 Å². The highest BCUT2D eigenvalue weighted by atomic mass is 35.5. The van der Waals surface area contributed by atoms with Crippen molar-refractivity contribution < 1.29 is 14.7 Å². The predicted molar refractivity (Wildman–Crippen MR) is 84.9 cm³/mol. The topological polar surface area (TPSA) is 78.4 Å². The van der Waals surface area contributed by atoms with Crippen LogP contribution in [-0.2, 0) is 4.79 Å². The number of aliphatic hydroxyl groups excluding tert-OH is 1. The molecule has 22 heavy (non-hydrogen) atoms. The van der Waals surface area contributed by atoms with Gasteiger partial charge >= 0.3 is 0 Å². The van der Waals surface area contributed by atoms with E-state index in [1.165, 1.54) is 19.2 Å². The number of nitrogens with one attached hydrogen (secondary N) is 2. The molecule has 2 rings (SSSR count). The molecule has 1 unspecified atom stereocenters. The summed E-state index contributed by atoms with van der Waals surface area (Å²) in [6.07, 6.45) is -1.28. The highest BCUT2D eigenvalue weighted by Crippen LogP contribution is 2.22. The van der Waals surface area contributed by atoms with Crippen LogP contribution < -0.4 is 10.6 Å². The van der Waals surface area contributed by atoms with Crippen LogP contribution in [0, 0.1) is 0 Å².